The third-order valence-corrected chi connectivity index (χ3v) is 4.42. The molecular weight excluding hydrogens is 226 g/mol. The summed E-state index contributed by atoms with van der Waals surface area (Å²) in [6, 6.07) is 0.687. The van der Waals surface area contributed by atoms with Crippen molar-refractivity contribution < 1.29 is 9.53 Å². The SMILES string of the molecule is CCCCC(=O)OCC1CCCN2CCCCC12. The van der Waals surface area contributed by atoms with Gasteiger partial charge in [-0.1, -0.05) is 19.8 Å². The van der Waals surface area contributed by atoms with Gasteiger partial charge in [-0.25, -0.2) is 0 Å². The van der Waals surface area contributed by atoms with Crippen LogP contribution in [0.25, 0.3) is 0 Å². The monoisotopic (exact) mass is 253 g/mol. The number of ether oxygens (including phenoxy) is 1. The first-order chi connectivity index (χ1) is 8.81. The number of nitrogens with zero attached hydrogens (tertiary/aromatic N) is 1. The molecule has 0 radical (unpaired) electrons. The molecule has 3 heteroatoms. The van der Waals surface area contributed by atoms with Crippen LogP contribution in [0.1, 0.15) is 58.3 Å². The largest absolute Gasteiger partial charge is 0.465 e. The number of carbonyl (C=O) groups excluding carboxylic acids is 1. The highest BCUT2D eigenvalue weighted by Gasteiger charge is 2.33. The third kappa shape index (κ3) is 3.71. The Bertz CT molecular complexity index is 265. The maximum atomic E-state index is 11.6. The fourth-order valence-corrected chi connectivity index (χ4v) is 3.36. The van der Waals surface area contributed by atoms with Crippen LogP contribution < -0.4 is 0 Å². The molecule has 2 saturated heterocycles. The second kappa shape index (κ2) is 7.13. The first-order valence-electron chi connectivity index (χ1n) is 7.71. The molecule has 0 aromatic rings. The number of hydrogen-bond donors (Lipinski definition) is 0. The van der Waals surface area contributed by atoms with Crippen molar-refractivity contribution >= 4 is 5.97 Å². The van der Waals surface area contributed by atoms with Gasteiger partial charge < -0.3 is 4.74 Å². The lowest BCUT2D eigenvalue weighted by molar-refractivity contribution is -0.146. The Morgan fingerprint density at radius 3 is 2.89 bits per heavy atom. The van der Waals surface area contributed by atoms with Crippen LogP contribution in [-0.4, -0.2) is 36.6 Å². The Kier molecular flexibility index (Phi) is 5.48. The van der Waals surface area contributed by atoms with E-state index in [1.807, 2.05) is 0 Å². The van der Waals surface area contributed by atoms with Crippen LogP contribution >= 0.6 is 0 Å². The van der Waals surface area contributed by atoms with Crippen LogP contribution in [0, 0.1) is 5.92 Å². The van der Waals surface area contributed by atoms with Gasteiger partial charge in [0.05, 0.1) is 6.61 Å². The molecule has 104 valence electrons. The van der Waals surface area contributed by atoms with Gasteiger partial charge in [0.1, 0.15) is 0 Å². The van der Waals surface area contributed by atoms with E-state index in [2.05, 4.69) is 11.8 Å². The van der Waals surface area contributed by atoms with Crippen LogP contribution in [-0.2, 0) is 9.53 Å². The maximum Gasteiger partial charge on any atom is 0.305 e. The normalized spacial score (nSPS) is 28.7. The minimum absolute atomic E-state index is 0.00443. The molecule has 2 heterocycles. The highest BCUT2D eigenvalue weighted by Crippen LogP contribution is 2.31. The second-order valence-corrected chi connectivity index (χ2v) is 5.79. The average molecular weight is 253 g/mol. The van der Waals surface area contributed by atoms with Gasteiger partial charge in [-0.2, -0.15) is 0 Å². The van der Waals surface area contributed by atoms with Crippen LogP contribution in [0.4, 0.5) is 0 Å². The van der Waals surface area contributed by atoms with E-state index in [4.69, 9.17) is 4.74 Å². The van der Waals surface area contributed by atoms with E-state index in [9.17, 15) is 4.79 Å². The molecule has 18 heavy (non-hydrogen) atoms. The molecule has 0 aliphatic carbocycles. The summed E-state index contributed by atoms with van der Waals surface area (Å²) in [5.41, 5.74) is 0. The van der Waals surface area contributed by atoms with Gasteiger partial charge in [-0.15, -0.1) is 0 Å². The van der Waals surface area contributed by atoms with Crippen molar-refractivity contribution in [3.8, 4) is 0 Å². The molecule has 0 saturated carbocycles. The van der Waals surface area contributed by atoms with Crippen molar-refractivity contribution in [2.24, 2.45) is 5.92 Å². The van der Waals surface area contributed by atoms with Crippen molar-refractivity contribution in [3.63, 3.8) is 0 Å². The Morgan fingerprint density at radius 1 is 1.22 bits per heavy atom. The Labute approximate surface area is 111 Å². The summed E-state index contributed by atoms with van der Waals surface area (Å²) >= 11 is 0. The van der Waals surface area contributed by atoms with Crippen molar-refractivity contribution in [1.29, 1.82) is 0 Å². The summed E-state index contributed by atoms with van der Waals surface area (Å²) in [6.07, 6.45) is 9.12. The van der Waals surface area contributed by atoms with Gasteiger partial charge in [0, 0.05) is 18.4 Å². The number of esters is 1. The smallest absolute Gasteiger partial charge is 0.305 e. The lowest BCUT2D eigenvalue weighted by Gasteiger charge is -2.44. The van der Waals surface area contributed by atoms with Gasteiger partial charge >= 0.3 is 5.97 Å². The predicted octanol–water partition coefficient (Wildman–Crippen LogP) is 2.98. The van der Waals surface area contributed by atoms with Crippen LogP contribution in [0.2, 0.25) is 0 Å². The maximum absolute atomic E-state index is 11.6. The summed E-state index contributed by atoms with van der Waals surface area (Å²) in [5.74, 6) is 0.592. The molecule has 0 amide bonds. The molecule has 2 aliphatic heterocycles. The molecule has 0 bridgehead atoms. The summed E-state index contributed by atoms with van der Waals surface area (Å²) in [5, 5.41) is 0. The van der Waals surface area contributed by atoms with Crippen LogP contribution in [0.3, 0.4) is 0 Å². The van der Waals surface area contributed by atoms with E-state index in [1.54, 1.807) is 0 Å². The van der Waals surface area contributed by atoms with Gasteiger partial charge in [0.2, 0.25) is 0 Å². The molecule has 0 spiro atoms. The number of rotatable bonds is 5. The van der Waals surface area contributed by atoms with Gasteiger partial charge in [0.15, 0.2) is 0 Å². The van der Waals surface area contributed by atoms with E-state index in [-0.39, 0.29) is 5.97 Å². The van der Waals surface area contributed by atoms with Crippen molar-refractivity contribution in [2.45, 2.75) is 64.3 Å². The van der Waals surface area contributed by atoms with E-state index >= 15 is 0 Å². The number of hydrogen-bond acceptors (Lipinski definition) is 3. The van der Waals surface area contributed by atoms with Crippen molar-refractivity contribution in [2.75, 3.05) is 19.7 Å². The van der Waals surface area contributed by atoms with E-state index in [1.165, 1.54) is 45.2 Å². The molecule has 2 rings (SSSR count). The fourth-order valence-electron chi connectivity index (χ4n) is 3.36. The first-order valence-corrected chi connectivity index (χ1v) is 7.71. The molecule has 0 aromatic heterocycles. The molecule has 2 atom stereocenters. The number of piperidine rings is 2. The second-order valence-electron chi connectivity index (χ2n) is 5.79. The molecule has 2 fully saturated rings. The topological polar surface area (TPSA) is 29.5 Å². The molecule has 0 aromatic carbocycles. The van der Waals surface area contributed by atoms with Gasteiger partial charge in [0.25, 0.3) is 0 Å². The zero-order valence-corrected chi connectivity index (χ0v) is 11.7. The third-order valence-electron chi connectivity index (χ3n) is 4.42. The summed E-state index contributed by atoms with van der Waals surface area (Å²) in [7, 11) is 0. The zero-order chi connectivity index (χ0) is 12.8. The first kappa shape index (κ1) is 13.9. The Morgan fingerprint density at radius 2 is 2.06 bits per heavy atom. The number of carbonyl (C=O) groups is 1. The van der Waals surface area contributed by atoms with Crippen LogP contribution in [0.15, 0.2) is 0 Å². The minimum Gasteiger partial charge on any atom is -0.465 e. The van der Waals surface area contributed by atoms with Gasteiger partial charge in [-0.3, -0.25) is 9.69 Å². The van der Waals surface area contributed by atoms with Crippen molar-refractivity contribution in [1.82, 2.24) is 4.90 Å². The van der Waals surface area contributed by atoms with Gasteiger partial charge in [-0.05, 0) is 45.2 Å². The molecule has 3 nitrogen and oxygen atoms in total. The van der Waals surface area contributed by atoms with E-state index in [0.717, 1.165) is 12.8 Å². The van der Waals surface area contributed by atoms with Crippen molar-refractivity contribution in [3.05, 3.63) is 0 Å². The summed E-state index contributed by atoms with van der Waals surface area (Å²) in [4.78, 5) is 14.2. The van der Waals surface area contributed by atoms with Crippen LogP contribution in [0.5, 0.6) is 0 Å². The zero-order valence-electron chi connectivity index (χ0n) is 11.7. The predicted molar refractivity (Wildman–Crippen MR) is 72.4 cm³/mol. The summed E-state index contributed by atoms with van der Waals surface area (Å²) < 4.78 is 5.47. The highest BCUT2D eigenvalue weighted by molar-refractivity contribution is 5.69. The fraction of sp³-hybridized carbons (Fsp3) is 0.933. The lowest BCUT2D eigenvalue weighted by atomic mass is 9.84. The molecule has 2 unspecified atom stereocenters. The number of unbranched alkanes of at least 4 members (excludes halogenated alkanes) is 1. The lowest BCUT2D eigenvalue weighted by Crippen LogP contribution is -2.49. The number of fused-ring (bicyclic) bond motifs is 1. The quantitative estimate of drug-likeness (QED) is 0.705. The Hall–Kier alpha value is -0.570. The average Bonchev–Trinajstić information content (AvgIpc) is 2.42. The van der Waals surface area contributed by atoms with E-state index < -0.39 is 0 Å². The van der Waals surface area contributed by atoms with E-state index in [0.29, 0.717) is 25.0 Å². The summed E-state index contributed by atoms with van der Waals surface area (Å²) in [6.45, 7) is 5.27. The molecule has 0 N–H and O–H groups in total. The highest BCUT2D eigenvalue weighted by atomic mass is 16.5. The minimum atomic E-state index is 0.00443. The molecule has 2 aliphatic rings. The molecular formula is C15H27NO2. The standard InChI is InChI=1S/C15H27NO2/c1-2-3-9-15(17)18-12-13-7-6-11-16-10-5-4-8-14(13)16/h13-14H,2-12H2,1H3. The Balaban J connectivity index is 1.75.